The van der Waals surface area contributed by atoms with E-state index in [0.717, 1.165) is 33.4 Å². The second-order valence-corrected chi connectivity index (χ2v) is 10.5. The number of nitrogens with zero attached hydrogens (tertiary/aromatic N) is 2. The molecule has 6 nitrogen and oxygen atoms in total. The zero-order valence-electron chi connectivity index (χ0n) is 26.4. The van der Waals surface area contributed by atoms with Crippen molar-refractivity contribution < 1.29 is 42.1 Å². The van der Waals surface area contributed by atoms with Crippen LogP contribution in [0.15, 0.2) is 107 Å². The van der Waals surface area contributed by atoms with Crippen molar-refractivity contribution in [2.24, 2.45) is 9.98 Å². The fourth-order valence-corrected chi connectivity index (χ4v) is 4.10. The average Bonchev–Trinajstić information content (AvgIpc) is 3.00. The van der Waals surface area contributed by atoms with E-state index in [4.69, 9.17) is 0 Å². The Kier molecular flexibility index (Phi) is 14.3. The topological polar surface area (TPSA) is 117 Å². The molecule has 0 atom stereocenters. The first kappa shape index (κ1) is 36.5. The predicted octanol–water partition coefficient (Wildman–Crippen LogP) is 6.70. The smallest absolute Gasteiger partial charge is 0.872 e. The number of aliphatic imine (C=N–C) groups is 2. The Labute approximate surface area is 281 Å². The molecule has 0 aliphatic carbocycles. The summed E-state index contributed by atoms with van der Waals surface area (Å²) >= 11 is 0. The molecule has 0 heterocycles. The summed E-state index contributed by atoms with van der Waals surface area (Å²) in [7, 11) is 0. The molecule has 0 unspecified atom stereocenters. The summed E-state index contributed by atoms with van der Waals surface area (Å²) in [6, 6.07) is 28.7. The van der Waals surface area contributed by atoms with E-state index in [9.17, 15) is 20.4 Å². The van der Waals surface area contributed by atoms with Crippen LogP contribution in [-0.4, -0.2) is 12.4 Å². The van der Waals surface area contributed by atoms with Gasteiger partial charge in [-0.25, -0.2) is 0 Å². The van der Waals surface area contributed by atoms with Crippen molar-refractivity contribution in [3.8, 4) is 23.0 Å². The Balaban J connectivity index is 0.000000303. The van der Waals surface area contributed by atoms with E-state index in [0.29, 0.717) is 22.5 Å². The number of aryl methyl sites for hydroxylation is 6. The summed E-state index contributed by atoms with van der Waals surface area (Å²) in [5, 5.41) is 45.7. The third kappa shape index (κ3) is 11.1. The van der Waals surface area contributed by atoms with Gasteiger partial charge in [-0.3, -0.25) is 9.98 Å². The average molecular weight is 633 g/mol. The Morgan fingerprint density at radius 3 is 1.09 bits per heavy atom. The third-order valence-electron chi connectivity index (χ3n) is 6.72. The van der Waals surface area contributed by atoms with Crippen LogP contribution >= 0.6 is 0 Å². The third-order valence-corrected chi connectivity index (χ3v) is 6.72. The number of para-hydroxylation sites is 4. The molecular weight excluding hydrogens is 596 g/mol. The van der Waals surface area contributed by atoms with E-state index in [-0.39, 0.29) is 44.7 Å². The fraction of sp³-hybridized carbons (Fsp3) is 0.158. The van der Waals surface area contributed by atoms with Crippen LogP contribution in [0.3, 0.4) is 0 Å². The summed E-state index contributed by atoms with van der Waals surface area (Å²) in [6.45, 7) is 11.2. The molecular formula is C38H36N2O4Ti. The quantitative estimate of drug-likeness (QED) is 0.162. The Morgan fingerprint density at radius 1 is 0.444 bits per heavy atom. The van der Waals surface area contributed by atoms with Gasteiger partial charge in [-0.15, -0.1) is 23.0 Å². The number of hydrogen-bond acceptors (Lipinski definition) is 6. The number of benzene rings is 5. The van der Waals surface area contributed by atoms with Gasteiger partial charge in [0.2, 0.25) is 0 Å². The zero-order chi connectivity index (χ0) is 32.2. The van der Waals surface area contributed by atoms with Gasteiger partial charge in [-0.1, -0.05) is 118 Å². The minimum atomic E-state index is -0.0731. The van der Waals surface area contributed by atoms with E-state index >= 15 is 0 Å². The molecule has 0 aliphatic heterocycles. The Bertz CT molecular complexity index is 1610. The molecule has 0 saturated heterocycles. The number of rotatable bonds is 4. The van der Waals surface area contributed by atoms with Crippen LogP contribution in [0.1, 0.15) is 44.5 Å². The van der Waals surface area contributed by atoms with Crippen molar-refractivity contribution >= 4 is 23.8 Å². The normalized spacial score (nSPS) is 10.4. The SMILES string of the molecule is Cc1ccc([O-])c(C=Nc2ccccc2N=Cc2cc(C)ccc2[O-])c1.Cc1cccc(C)c1[O-].Cc1cccc(C)c1[O-].[Ti+4]. The summed E-state index contributed by atoms with van der Waals surface area (Å²) in [4.78, 5) is 8.83. The maximum absolute atomic E-state index is 11.9. The molecule has 0 N–H and O–H groups in total. The van der Waals surface area contributed by atoms with Crippen LogP contribution in [0.5, 0.6) is 23.0 Å². The van der Waals surface area contributed by atoms with Crippen molar-refractivity contribution in [2.75, 3.05) is 0 Å². The minimum Gasteiger partial charge on any atom is -0.872 e. The van der Waals surface area contributed by atoms with Crippen molar-refractivity contribution in [3.05, 3.63) is 142 Å². The van der Waals surface area contributed by atoms with Gasteiger partial charge in [0.25, 0.3) is 0 Å². The molecule has 0 saturated carbocycles. The second kappa shape index (κ2) is 17.6. The first-order chi connectivity index (χ1) is 21.0. The fourth-order valence-electron chi connectivity index (χ4n) is 4.10. The van der Waals surface area contributed by atoms with E-state index in [2.05, 4.69) is 9.98 Å². The van der Waals surface area contributed by atoms with E-state index < -0.39 is 0 Å². The molecule has 5 rings (SSSR count). The molecule has 0 radical (unpaired) electrons. The minimum absolute atomic E-state index is 0. The molecule has 0 fully saturated rings. The Morgan fingerprint density at radius 2 is 0.778 bits per heavy atom. The molecule has 7 heteroatoms. The molecule has 0 aromatic heterocycles. The first-order valence-electron chi connectivity index (χ1n) is 14.1. The van der Waals surface area contributed by atoms with Crippen molar-refractivity contribution in [2.45, 2.75) is 41.5 Å². The van der Waals surface area contributed by atoms with E-state index in [1.807, 2.05) is 102 Å². The number of hydrogen-bond donors (Lipinski definition) is 0. The molecule has 0 aliphatic rings. The van der Waals surface area contributed by atoms with E-state index in [1.54, 1.807) is 36.7 Å². The summed E-state index contributed by atoms with van der Waals surface area (Å²) < 4.78 is 0. The van der Waals surface area contributed by atoms with Crippen LogP contribution in [0.25, 0.3) is 0 Å². The second-order valence-electron chi connectivity index (χ2n) is 10.5. The molecule has 226 valence electrons. The zero-order valence-corrected chi connectivity index (χ0v) is 28.0. The first-order valence-corrected chi connectivity index (χ1v) is 14.1. The maximum Gasteiger partial charge on any atom is 4.00 e. The summed E-state index contributed by atoms with van der Waals surface area (Å²) in [5.41, 5.74) is 7.64. The van der Waals surface area contributed by atoms with E-state index in [1.165, 1.54) is 12.1 Å². The monoisotopic (exact) mass is 632 g/mol. The van der Waals surface area contributed by atoms with Crippen molar-refractivity contribution in [1.29, 1.82) is 0 Å². The van der Waals surface area contributed by atoms with Gasteiger partial charge in [0.15, 0.2) is 0 Å². The van der Waals surface area contributed by atoms with Crippen LogP contribution in [0, 0.1) is 41.5 Å². The summed E-state index contributed by atoms with van der Waals surface area (Å²) in [6.07, 6.45) is 3.10. The van der Waals surface area contributed by atoms with Gasteiger partial charge >= 0.3 is 21.7 Å². The molecule has 0 bridgehead atoms. The predicted molar refractivity (Wildman–Crippen MR) is 173 cm³/mol. The van der Waals surface area contributed by atoms with Crippen LogP contribution in [0.4, 0.5) is 11.4 Å². The largest absolute Gasteiger partial charge is 4.00 e. The summed E-state index contributed by atoms with van der Waals surface area (Å²) in [5.74, 6) is 0.183. The standard InChI is InChI=1S/C22H20N2O2.2C8H10O.Ti/c1-15-7-9-21(25)17(11-15)13-23-19-5-3-4-6-20(19)24-14-18-12-16(2)8-10-22(18)26;2*1-6-4-3-5-7(2)8(6)9;/h3-14,25-26H,1-2H3;2*3-5,9H,1-2H3;/q;;;+4/p-4. The van der Waals surface area contributed by atoms with Crippen molar-refractivity contribution in [1.82, 2.24) is 0 Å². The van der Waals surface area contributed by atoms with Gasteiger partial charge in [-0.2, -0.15) is 0 Å². The van der Waals surface area contributed by atoms with Crippen LogP contribution in [-0.2, 0) is 21.7 Å². The van der Waals surface area contributed by atoms with Gasteiger partial charge in [0.05, 0.1) is 11.4 Å². The van der Waals surface area contributed by atoms with Gasteiger partial charge < -0.3 is 20.4 Å². The van der Waals surface area contributed by atoms with Crippen LogP contribution in [0.2, 0.25) is 0 Å². The Hall–Kier alpha value is -4.65. The molecule has 5 aromatic carbocycles. The van der Waals surface area contributed by atoms with Gasteiger partial charge in [0, 0.05) is 12.4 Å². The molecule has 0 spiro atoms. The van der Waals surface area contributed by atoms with Crippen molar-refractivity contribution in [3.63, 3.8) is 0 Å². The van der Waals surface area contributed by atoms with Crippen LogP contribution < -0.4 is 20.4 Å². The molecule has 45 heavy (non-hydrogen) atoms. The molecule has 5 aromatic rings. The molecule has 0 amide bonds. The van der Waals surface area contributed by atoms with Gasteiger partial charge in [-0.05, 0) is 64.8 Å². The maximum atomic E-state index is 11.9. The van der Waals surface area contributed by atoms with Gasteiger partial charge in [0.1, 0.15) is 0 Å².